The van der Waals surface area contributed by atoms with Crippen molar-refractivity contribution in [3.8, 4) is 11.5 Å². The summed E-state index contributed by atoms with van der Waals surface area (Å²) >= 11 is 5.46. The Bertz CT molecular complexity index is 946. The van der Waals surface area contributed by atoms with Gasteiger partial charge in [0.2, 0.25) is 0 Å². The van der Waals surface area contributed by atoms with Gasteiger partial charge in [-0.1, -0.05) is 18.2 Å². The fourth-order valence-corrected chi connectivity index (χ4v) is 3.29. The highest BCUT2D eigenvalue weighted by molar-refractivity contribution is 7.80. The summed E-state index contributed by atoms with van der Waals surface area (Å²) in [7, 11) is 1.65. The number of nitrogens with one attached hydrogen (secondary N) is 2. The Morgan fingerprint density at radius 3 is 2.75 bits per heavy atom. The molecule has 2 N–H and O–H groups in total. The number of benzene rings is 2. The molecule has 0 unspecified atom stereocenters. The van der Waals surface area contributed by atoms with Crippen LogP contribution >= 0.6 is 12.2 Å². The molecule has 0 aliphatic heterocycles. The van der Waals surface area contributed by atoms with Crippen LogP contribution in [0.1, 0.15) is 18.9 Å². The predicted molar refractivity (Wildman–Crippen MR) is 118 cm³/mol. The van der Waals surface area contributed by atoms with Crippen molar-refractivity contribution in [2.45, 2.75) is 19.8 Å². The molecule has 3 aromatic rings. The van der Waals surface area contributed by atoms with Gasteiger partial charge in [-0.25, -0.2) is 0 Å². The summed E-state index contributed by atoms with van der Waals surface area (Å²) in [5.74, 6) is 1.70. The van der Waals surface area contributed by atoms with Crippen molar-refractivity contribution < 1.29 is 9.47 Å². The monoisotopic (exact) mass is 395 g/mol. The Balaban J connectivity index is 1.55. The molecule has 0 radical (unpaired) electrons. The molecular weight excluding hydrogens is 370 g/mol. The molecule has 28 heavy (non-hydrogen) atoms. The summed E-state index contributed by atoms with van der Waals surface area (Å²) in [4.78, 5) is 4.41. The van der Waals surface area contributed by atoms with Gasteiger partial charge < -0.3 is 20.1 Å². The van der Waals surface area contributed by atoms with Gasteiger partial charge in [-0.2, -0.15) is 0 Å². The number of fused-ring (bicyclic) bond motifs is 1. The quantitative estimate of drug-likeness (QED) is 0.431. The van der Waals surface area contributed by atoms with Crippen LogP contribution < -0.4 is 20.1 Å². The second-order valence-corrected chi connectivity index (χ2v) is 6.65. The van der Waals surface area contributed by atoms with E-state index < -0.39 is 0 Å². The second-order valence-electron chi connectivity index (χ2n) is 6.24. The Kier molecular flexibility index (Phi) is 7.03. The van der Waals surface area contributed by atoms with Crippen molar-refractivity contribution in [3.63, 3.8) is 0 Å². The Labute approximate surface area is 171 Å². The third-order valence-corrected chi connectivity index (χ3v) is 4.63. The minimum Gasteiger partial charge on any atom is -0.494 e. The van der Waals surface area contributed by atoms with E-state index in [0.29, 0.717) is 11.7 Å². The van der Waals surface area contributed by atoms with Gasteiger partial charge in [0.15, 0.2) is 5.11 Å². The van der Waals surface area contributed by atoms with E-state index in [1.54, 1.807) is 13.3 Å². The molecule has 6 heteroatoms. The van der Waals surface area contributed by atoms with Gasteiger partial charge in [0.1, 0.15) is 17.0 Å². The van der Waals surface area contributed by atoms with Gasteiger partial charge in [0.05, 0.1) is 13.7 Å². The first-order valence-corrected chi connectivity index (χ1v) is 9.81. The van der Waals surface area contributed by atoms with E-state index in [0.717, 1.165) is 47.5 Å². The minimum atomic E-state index is 0.591. The summed E-state index contributed by atoms with van der Waals surface area (Å²) in [6.45, 7) is 3.45. The molecule has 0 aliphatic rings. The maximum absolute atomic E-state index is 5.68. The highest BCUT2D eigenvalue weighted by Gasteiger charge is 2.08. The molecule has 0 aliphatic carbocycles. The largest absolute Gasteiger partial charge is 0.494 e. The van der Waals surface area contributed by atoms with Gasteiger partial charge in [0, 0.05) is 23.8 Å². The number of anilines is 1. The van der Waals surface area contributed by atoms with Gasteiger partial charge in [-0.05, 0) is 67.9 Å². The second kappa shape index (κ2) is 9.90. The van der Waals surface area contributed by atoms with Crippen LogP contribution in [-0.2, 0) is 6.42 Å². The van der Waals surface area contributed by atoms with Crippen molar-refractivity contribution in [2.24, 2.45) is 0 Å². The summed E-state index contributed by atoms with van der Waals surface area (Å²) in [6.07, 6.45) is 3.64. The molecule has 5 nitrogen and oxygen atoms in total. The van der Waals surface area contributed by atoms with Crippen LogP contribution in [0.3, 0.4) is 0 Å². The van der Waals surface area contributed by atoms with E-state index in [-0.39, 0.29) is 0 Å². The topological polar surface area (TPSA) is 55.4 Å². The van der Waals surface area contributed by atoms with E-state index in [1.807, 2.05) is 49.4 Å². The van der Waals surface area contributed by atoms with Crippen LogP contribution in [0.25, 0.3) is 10.9 Å². The highest BCUT2D eigenvalue weighted by atomic mass is 32.1. The van der Waals surface area contributed by atoms with E-state index in [1.165, 1.54) is 5.56 Å². The molecule has 2 aromatic carbocycles. The molecule has 0 amide bonds. The molecule has 0 fully saturated rings. The lowest BCUT2D eigenvalue weighted by Gasteiger charge is -2.14. The first-order valence-electron chi connectivity index (χ1n) is 9.40. The molecule has 0 atom stereocenters. The highest BCUT2D eigenvalue weighted by Crippen LogP contribution is 2.29. The molecule has 3 rings (SSSR count). The molecule has 0 bridgehead atoms. The number of nitrogens with zero attached hydrogens (tertiary/aromatic N) is 1. The number of methoxy groups -OCH3 is 1. The van der Waals surface area contributed by atoms with Crippen LogP contribution in [0.2, 0.25) is 0 Å². The number of ether oxygens (including phenoxy) is 2. The van der Waals surface area contributed by atoms with Gasteiger partial charge >= 0.3 is 0 Å². The summed E-state index contributed by atoms with van der Waals surface area (Å²) in [5, 5.41) is 8.10. The van der Waals surface area contributed by atoms with E-state index in [2.05, 4.69) is 21.7 Å². The first kappa shape index (κ1) is 19.9. The first-order chi connectivity index (χ1) is 13.7. The molecule has 1 aromatic heterocycles. The third kappa shape index (κ3) is 4.89. The van der Waals surface area contributed by atoms with Crippen molar-refractivity contribution in [2.75, 3.05) is 25.6 Å². The van der Waals surface area contributed by atoms with Gasteiger partial charge in [0.25, 0.3) is 0 Å². The molecular formula is C22H25N3O2S. The van der Waals surface area contributed by atoms with Crippen LogP contribution in [0.15, 0.2) is 54.7 Å². The van der Waals surface area contributed by atoms with Crippen molar-refractivity contribution in [3.05, 3.63) is 60.3 Å². The number of thiocarbonyl (C=S) groups is 1. The lowest BCUT2D eigenvalue weighted by atomic mass is 10.1. The fourth-order valence-electron chi connectivity index (χ4n) is 3.07. The number of hydrogen-bond acceptors (Lipinski definition) is 4. The SMILES string of the molecule is CCOc1ccccc1CCCNC(=S)Nc1ccc(OC)c2ncccc12. The normalized spacial score (nSPS) is 10.5. The average Bonchev–Trinajstić information content (AvgIpc) is 2.73. The van der Waals surface area contributed by atoms with Crippen molar-refractivity contribution in [1.82, 2.24) is 10.3 Å². The summed E-state index contributed by atoms with van der Waals surface area (Å²) in [5.41, 5.74) is 2.94. The smallest absolute Gasteiger partial charge is 0.170 e. The summed E-state index contributed by atoms with van der Waals surface area (Å²) < 4.78 is 11.1. The standard InChI is InChI=1S/C22H25N3O2S/c1-3-27-19-11-5-4-8-16(19)9-6-15-24-22(28)25-18-12-13-20(26-2)21-17(18)10-7-14-23-21/h4-5,7-8,10-14H,3,6,9,15H2,1-2H3,(H2,24,25,28). The molecule has 146 valence electrons. The van der Waals surface area contributed by atoms with Crippen LogP contribution in [0, 0.1) is 0 Å². The summed E-state index contributed by atoms with van der Waals surface area (Å²) in [6, 6.07) is 15.9. The van der Waals surface area contributed by atoms with Crippen molar-refractivity contribution in [1.29, 1.82) is 0 Å². The van der Waals surface area contributed by atoms with E-state index in [4.69, 9.17) is 21.7 Å². The molecule has 0 saturated heterocycles. The molecule has 0 spiro atoms. The lowest BCUT2D eigenvalue weighted by Crippen LogP contribution is -2.29. The number of hydrogen-bond donors (Lipinski definition) is 2. The fraction of sp³-hybridized carbons (Fsp3) is 0.273. The Morgan fingerprint density at radius 2 is 1.93 bits per heavy atom. The molecule has 0 saturated carbocycles. The van der Waals surface area contributed by atoms with Crippen LogP contribution in [0.5, 0.6) is 11.5 Å². The van der Waals surface area contributed by atoms with Gasteiger partial charge in [-0.15, -0.1) is 0 Å². The Morgan fingerprint density at radius 1 is 1.07 bits per heavy atom. The number of pyridine rings is 1. The number of para-hydroxylation sites is 1. The minimum absolute atomic E-state index is 0.591. The van der Waals surface area contributed by atoms with E-state index in [9.17, 15) is 0 Å². The Hall–Kier alpha value is -2.86. The van der Waals surface area contributed by atoms with Crippen LogP contribution in [0.4, 0.5) is 5.69 Å². The van der Waals surface area contributed by atoms with Crippen LogP contribution in [-0.4, -0.2) is 30.4 Å². The number of rotatable bonds is 8. The predicted octanol–water partition coefficient (Wildman–Crippen LogP) is 4.56. The van der Waals surface area contributed by atoms with Gasteiger partial charge in [-0.3, -0.25) is 4.98 Å². The number of aryl methyl sites for hydroxylation is 1. The van der Waals surface area contributed by atoms with E-state index >= 15 is 0 Å². The molecule has 1 heterocycles. The van der Waals surface area contributed by atoms with Crippen molar-refractivity contribution >= 4 is 33.9 Å². The lowest BCUT2D eigenvalue weighted by molar-refractivity contribution is 0.336. The maximum atomic E-state index is 5.68. The zero-order chi connectivity index (χ0) is 19.8. The third-order valence-electron chi connectivity index (χ3n) is 4.38. The maximum Gasteiger partial charge on any atom is 0.170 e. The zero-order valence-corrected chi connectivity index (χ0v) is 17.0. The average molecular weight is 396 g/mol. The number of aromatic nitrogens is 1. The zero-order valence-electron chi connectivity index (χ0n) is 16.2.